The number of carboxylic acid groups (broad SMARTS) is 1. The molecule has 20 heavy (non-hydrogen) atoms. The zero-order valence-electron chi connectivity index (χ0n) is 11.7. The summed E-state index contributed by atoms with van der Waals surface area (Å²) in [6, 6.07) is 5.05. The Balaban J connectivity index is 2.05. The van der Waals surface area contributed by atoms with Crippen LogP contribution in [0.5, 0.6) is 0 Å². The van der Waals surface area contributed by atoms with Crippen LogP contribution in [0.2, 0.25) is 0 Å². The zero-order chi connectivity index (χ0) is 14.5. The molecule has 2 aromatic rings. The van der Waals surface area contributed by atoms with Gasteiger partial charge in [-0.3, -0.25) is 0 Å². The van der Waals surface area contributed by atoms with E-state index in [2.05, 4.69) is 24.2 Å². The van der Waals surface area contributed by atoms with Gasteiger partial charge in [0.2, 0.25) is 0 Å². The average Bonchev–Trinajstić information content (AvgIpc) is 2.81. The second-order valence-corrected chi connectivity index (χ2v) is 5.84. The molecule has 106 valence electrons. The van der Waals surface area contributed by atoms with E-state index in [9.17, 15) is 4.79 Å². The quantitative estimate of drug-likeness (QED) is 0.928. The Bertz CT molecular complexity index is 677. The molecular weight excluding hydrogens is 258 g/mol. The molecular formula is C14H17N3O3. The SMILES string of the molecule is COC1CC(n2nnc3ccc(C(=O)O)cc32)C1(C)C. The Morgan fingerprint density at radius 1 is 1.50 bits per heavy atom. The molecule has 1 aromatic carbocycles. The minimum atomic E-state index is -0.942. The van der Waals surface area contributed by atoms with Crippen LogP contribution in [-0.4, -0.2) is 39.3 Å². The topological polar surface area (TPSA) is 77.2 Å². The summed E-state index contributed by atoms with van der Waals surface area (Å²) < 4.78 is 7.28. The summed E-state index contributed by atoms with van der Waals surface area (Å²) in [4.78, 5) is 11.1. The maximum absolute atomic E-state index is 11.1. The van der Waals surface area contributed by atoms with Gasteiger partial charge in [0, 0.05) is 12.5 Å². The third-order valence-corrected chi connectivity index (χ3v) is 4.42. The molecule has 0 spiro atoms. The third-order valence-electron chi connectivity index (χ3n) is 4.42. The number of methoxy groups -OCH3 is 1. The van der Waals surface area contributed by atoms with E-state index in [1.165, 1.54) is 0 Å². The number of rotatable bonds is 3. The molecule has 2 unspecified atom stereocenters. The van der Waals surface area contributed by atoms with Gasteiger partial charge >= 0.3 is 5.97 Å². The number of aromatic carboxylic acids is 1. The predicted octanol–water partition coefficient (Wildman–Crippen LogP) is 2.12. The van der Waals surface area contributed by atoms with Crippen LogP contribution in [0, 0.1) is 5.41 Å². The second kappa shape index (κ2) is 4.28. The molecule has 0 saturated heterocycles. The zero-order valence-corrected chi connectivity index (χ0v) is 11.7. The average molecular weight is 275 g/mol. The number of carboxylic acids is 1. The standard InChI is InChI=1S/C14H17N3O3/c1-14(2)11(7-12(14)20-3)17-10-6-8(13(18)19)4-5-9(10)15-16-17/h4-6,11-12H,7H2,1-3H3,(H,18,19). The smallest absolute Gasteiger partial charge is 0.335 e. The predicted molar refractivity (Wildman–Crippen MR) is 72.7 cm³/mol. The monoisotopic (exact) mass is 275 g/mol. The molecule has 1 aromatic heterocycles. The van der Waals surface area contributed by atoms with Crippen LogP contribution in [0.15, 0.2) is 18.2 Å². The molecule has 1 fully saturated rings. The van der Waals surface area contributed by atoms with Gasteiger partial charge in [0.1, 0.15) is 5.52 Å². The fourth-order valence-electron chi connectivity index (χ4n) is 2.98. The number of fused-ring (bicyclic) bond motifs is 1. The molecule has 1 aliphatic carbocycles. The lowest BCUT2D eigenvalue weighted by molar-refractivity contribution is -0.115. The van der Waals surface area contributed by atoms with E-state index in [1.807, 2.05) is 4.68 Å². The summed E-state index contributed by atoms with van der Waals surface area (Å²) in [6.07, 6.45) is 1.05. The Morgan fingerprint density at radius 2 is 2.25 bits per heavy atom. The van der Waals surface area contributed by atoms with E-state index in [0.29, 0.717) is 5.52 Å². The Kier molecular flexibility index (Phi) is 2.79. The van der Waals surface area contributed by atoms with Crippen molar-refractivity contribution in [1.82, 2.24) is 15.0 Å². The summed E-state index contributed by atoms with van der Waals surface area (Å²) in [6.45, 7) is 4.26. The fourth-order valence-corrected chi connectivity index (χ4v) is 2.98. The molecule has 0 radical (unpaired) electrons. The number of nitrogens with zero attached hydrogens (tertiary/aromatic N) is 3. The number of hydrogen-bond acceptors (Lipinski definition) is 4. The summed E-state index contributed by atoms with van der Waals surface area (Å²) in [5.41, 5.74) is 1.68. The summed E-state index contributed by atoms with van der Waals surface area (Å²) in [7, 11) is 1.71. The van der Waals surface area contributed by atoms with E-state index in [1.54, 1.807) is 25.3 Å². The molecule has 2 atom stereocenters. The van der Waals surface area contributed by atoms with Crippen LogP contribution < -0.4 is 0 Å². The first-order chi connectivity index (χ1) is 9.45. The number of aromatic nitrogens is 3. The summed E-state index contributed by atoms with van der Waals surface area (Å²) >= 11 is 0. The van der Waals surface area contributed by atoms with E-state index in [-0.39, 0.29) is 23.1 Å². The number of benzene rings is 1. The fraction of sp³-hybridized carbons (Fsp3) is 0.500. The van der Waals surface area contributed by atoms with Crippen molar-refractivity contribution in [1.29, 1.82) is 0 Å². The van der Waals surface area contributed by atoms with Gasteiger partial charge in [0.25, 0.3) is 0 Å². The van der Waals surface area contributed by atoms with Gasteiger partial charge in [-0.25, -0.2) is 9.48 Å². The summed E-state index contributed by atoms with van der Waals surface area (Å²) in [5, 5.41) is 17.4. The lowest BCUT2D eigenvalue weighted by Crippen LogP contribution is -2.51. The summed E-state index contributed by atoms with van der Waals surface area (Å²) in [5.74, 6) is -0.942. The van der Waals surface area contributed by atoms with Crippen molar-refractivity contribution in [2.75, 3.05) is 7.11 Å². The Labute approximate surface area is 116 Å². The van der Waals surface area contributed by atoms with Crippen molar-refractivity contribution in [2.45, 2.75) is 32.4 Å². The molecule has 6 heteroatoms. The minimum Gasteiger partial charge on any atom is -0.478 e. The van der Waals surface area contributed by atoms with E-state index in [4.69, 9.17) is 9.84 Å². The lowest BCUT2D eigenvalue weighted by atomic mass is 9.64. The highest BCUT2D eigenvalue weighted by Crippen LogP contribution is 2.51. The highest BCUT2D eigenvalue weighted by Gasteiger charge is 2.50. The van der Waals surface area contributed by atoms with Crippen LogP contribution in [0.25, 0.3) is 11.0 Å². The first-order valence-electron chi connectivity index (χ1n) is 6.56. The van der Waals surface area contributed by atoms with Gasteiger partial charge < -0.3 is 9.84 Å². The Morgan fingerprint density at radius 3 is 2.85 bits per heavy atom. The van der Waals surface area contributed by atoms with Crippen molar-refractivity contribution in [3.8, 4) is 0 Å². The van der Waals surface area contributed by atoms with Crippen LogP contribution in [0.4, 0.5) is 0 Å². The van der Waals surface area contributed by atoms with Crippen molar-refractivity contribution in [3.63, 3.8) is 0 Å². The molecule has 1 heterocycles. The maximum atomic E-state index is 11.1. The van der Waals surface area contributed by atoms with Gasteiger partial charge in [-0.1, -0.05) is 19.1 Å². The van der Waals surface area contributed by atoms with Gasteiger partial charge in [-0.05, 0) is 24.6 Å². The molecule has 1 N–H and O–H groups in total. The van der Waals surface area contributed by atoms with E-state index >= 15 is 0 Å². The van der Waals surface area contributed by atoms with E-state index in [0.717, 1.165) is 11.9 Å². The third kappa shape index (κ3) is 1.71. The van der Waals surface area contributed by atoms with Crippen LogP contribution in [0.1, 0.15) is 36.7 Å². The first kappa shape index (κ1) is 13.1. The first-order valence-corrected chi connectivity index (χ1v) is 6.56. The molecule has 1 aliphatic rings. The van der Waals surface area contributed by atoms with Gasteiger partial charge in [0.05, 0.1) is 23.2 Å². The van der Waals surface area contributed by atoms with Gasteiger partial charge in [-0.15, -0.1) is 5.10 Å². The highest BCUT2D eigenvalue weighted by atomic mass is 16.5. The molecule has 3 rings (SSSR count). The number of ether oxygens (including phenoxy) is 1. The van der Waals surface area contributed by atoms with Crippen molar-refractivity contribution < 1.29 is 14.6 Å². The van der Waals surface area contributed by atoms with Crippen LogP contribution >= 0.6 is 0 Å². The van der Waals surface area contributed by atoms with Crippen molar-refractivity contribution in [3.05, 3.63) is 23.8 Å². The molecule has 0 aliphatic heterocycles. The van der Waals surface area contributed by atoms with Gasteiger partial charge in [0.15, 0.2) is 0 Å². The lowest BCUT2D eigenvalue weighted by Gasteiger charge is -2.50. The second-order valence-electron chi connectivity index (χ2n) is 5.84. The molecule has 6 nitrogen and oxygen atoms in total. The van der Waals surface area contributed by atoms with Crippen molar-refractivity contribution in [2.24, 2.45) is 5.41 Å². The largest absolute Gasteiger partial charge is 0.478 e. The Hall–Kier alpha value is -1.95. The van der Waals surface area contributed by atoms with Crippen LogP contribution in [-0.2, 0) is 4.74 Å². The molecule has 1 saturated carbocycles. The van der Waals surface area contributed by atoms with Crippen molar-refractivity contribution >= 4 is 17.0 Å². The van der Waals surface area contributed by atoms with E-state index < -0.39 is 5.97 Å². The van der Waals surface area contributed by atoms with Crippen LogP contribution in [0.3, 0.4) is 0 Å². The molecule has 0 bridgehead atoms. The number of hydrogen-bond donors (Lipinski definition) is 1. The molecule has 0 amide bonds. The number of carbonyl (C=O) groups is 1. The minimum absolute atomic E-state index is 0.0470. The normalized spacial score (nSPS) is 24.6. The highest BCUT2D eigenvalue weighted by molar-refractivity contribution is 5.92. The maximum Gasteiger partial charge on any atom is 0.335 e. The van der Waals surface area contributed by atoms with Gasteiger partial charge in [-0.2, -0.15) is 0 Å².